The zero-order chi connectivity index (χ0) is 19.2. The summed E-state index contributed by atoms with van der Waals surface area (Å²) in [5.41, 5.74) is 0.432. The molecule has 3 heterocycles. The van der Waals surface area contributed by atoms with E-state index in [2.05, 4.69) is 10.1 Å². The van der Waals surface area contributed by atoms with Crippen molar-refractivity contribution < 1.29 is 22.7 Å². The number of aromatic hydroxyl groups is 1. The number of carbonyl (C=O) groups excluding carboxylic acids is 1. The molecule has 0 atom stereocenters. The molecule has 0 radical (unpaired) electrons. The van der Waals surface area contributed by atoms with Gasteiger partial charge in [-0.15, -0.1) is 0 Å². The molecule has 138 valence electrons. The van der Waals surface area contributed by atoms with Crippen molar-refractivity contribution in [2.75, 3.05) is 10.8 Å². The molecule has 0 bridgehead atoms. The van der Waals surface area contributed by atoms with Crippen LogP contribution >= 0.6 is 0 Å². The van der Waals surface area contributed by atoms with E-state index in [-0.39, 0.29) is 5.56 Å². The molecular weight excluding hydrogens is 377 g/mol. The smallest absolute Gasteiger partial charge is 0.326 e. The molecule has 2 N–H and O–H groups in total. The Kier molecular flexibility index (Phi) is 3.81. The predicted molar refractivity (Wildman–Crippen MR) is 92.8 cm³/mol. The molecule has 11 heteroatoms. The highest BCUT2D eigenvalue weighted by Gasteiger charge is 2.38. The van der Waals surface area contributed by atoms with Crippen molar-refractivity contribution in [3.8, 4) is 22.6 Å². The average molecular weight is 389 g/mol. The normalized spacial score (nSPS) is 15.7. The zero-order valence-electron chi connectivity index (χ0n) is 13.6. The van der Waals surface area contributed by atoms with Crippen molar-refractivity contribution >= 4 is 21.8 Å². The van der Waals surface area contributed by atoms with Crippen LogP contribution in [-0.2, 0) is 15.0 Å². The molecule has 1 fully saturated rings. The molecule has 1 saturated heterocycles. The lowest BCUT2D eigenvalue weighted by atomic mass is 10.1. The van der Waals surface area contributed by atoms with E-state index in [0.717, 1.165) is 6.07 Å². The first-order chi connectivity index (χ1) is 12.9. The van der Waals surface area contributed by atoms with E-state index in [1.165, 1.54) is 23.1 Å². The van der Waals surface area contributed by atoms with E-state index in [4.69, 9.17) is 0 Å². The number of phenols is 1. The number of pyridine rings is 1. The summed E-state index contributed by atoms with van der Waals surface area (Å²) in [6.07, 6.45) is 6.11. The highest BCUT2D eigenvalue weighted by molar-refractivity contribution is 7.92. The van der Waals surface area contributed by atoms with Crippen molar-refractivity contribution in [3.05, 3.63) is 54.9 Å². The molecule has 1 aromatic carbocycles. The Balaban J connectivity index is 1.80. The van der Waals surface area contributed by atoms with Crippen molar-refractivity contribution in [2.24, 2.45) is 0 Å². The summed E-state index contributed by atoms with van der Waals surface area (Å²) in [6.45, 7) is -0.620. The van der Waals surface area contributed by atoms with E-state index in [9.17, 15) is 18.3 Å². The fourth-order valence-electron chi connectivity index (χ4n) is 2.75. The van der Waals surface area contributed by atoms with Crippen molar-refractivity contribution in [1.29, 1.82) is 0 Å². The van der Waals surface area contributed by atoms with Gasteiger partial charge in [0, 0.05) is 23.5 Å². The van der Waals surface area contributed by atoms with Gasteiger partial charge in [-0.3, -0.25) is 9.78 Å². The summed E-state index contributed by atoms with van der Waals surface area (Å²) in [7, 11) is -4.27. The fourth-order valence-corrected chi connectivity index (χ4v) is 3.92. The number of halogens is 1. The lowest BCUT2D eigenvalue weighted by Crippen LogP contribution is -2.30. The Hall–Kier alpha value is -3.47. The molecule has 27 heavy (non-hydrogen) atoms. The molecule has 3 aromatic rings. The minimum Gasteiger partial charge on any atom is -0.506 e. The van der Waals surface area contributed by atoms with Gasteiger partial charge in [0.05, 0.1) is 18.1 Å². The van der Waals surface area contributed by atoms with Crippen LogP contribution < -0.4 is 9.03 Å². The molecule has 1 aliphatic heterocycles. The lowest BCUT2D eigenvalue weighted by molar-refractivity contribution is -0.117. The minimum atomic E-state index is -4.27. The number of nitrogens with one attached hydrogen (secondary N) is 1. The Morgan fingerprint density at radius 1 is 1.22 bits per heavy atom. The summed E-state index contributed by atoms with van der Waals surface area (Å²) < 4.78 is 42.8. The van der Waals surface area contributed by atoms with Crippen molar-refractivity contribution in [2.45, 2.75) is 0 Å². The van der Waals surface area contributed by atoms with Gasteiger partial charge in [-0.1, -0.05) is 0 Å². The predicted octanol–water partition coefficient (Wildman–Crippen LogP) is 0.960. The number of aromatic nitrogens is 3. The number of benzene rings is 1. The first-order valence-electron chi connectivity index (χ1n) is 7.67. The third kappa shape index (κ3) is 2.87. The van der Waals surface area contributed by atoms with Crippen LogP contribution in [0.1, 0.15) is 0 Å². The number of amides is 1. The van der Waals surface area contributed by atoms with E-state index < -0.39 is 39.9 Å². The maximum atomic E-state index is 15.1. The maximum absolute atomic E-state index is 15.1. The first kappa shape index (κ1) is 17.0. The molecule has 9 nitrogen and oxygen atoms in total. The van der Waals surface area contributed by atoms with Crippen LogP contribution in [0.5, 0.6) is 5.75 Å². The Bertz CT molecular complexity index is 1150. The second-order valence-electron chi connectivity index (χ2n) is 5.72. The van der Waals surface area contributed by atoms with Gasteiger partial charge in [-0.2, -0.15) is 13.5 Å². The van der Waals surface area contributed by atoms with Gasteiger partial charge in [0.15, 0.2) is 5.82 Å². The molecule has 1 amide bonds. The van der Waals surface area contributed by atoms with Crippen LogP contribution in [0.4, 0.5) is 10.1 Å². The van der Waals surface area contributed by atoms with Crippen molar-refractivity contribution in [3.63, 3.8) is 0 Å². The molecule has 0 spiro atoms. The van der Waals surface area contributed by atoms with Gasteiger partial charge >= 0.3 is 10.2 Å². The van der Waals surface area contributed by atoms with E-state index >= 15 is 4.39 Å². The summed E-state index contributed by atoms with van der Waals surface area (Å²) in [6, 6.07) is 5.94. The second kappa shape index (κ2) is 6.06. The van der Waals surface area contributed by atoms with Gasteiger partial charge in [-0.25, -0.2) is 18.1 Å². The molecule has 0 saturated carbocycles. The third-order valence-electron chi connectivity index (χ3n) is 3.97. The molecule has 0 aliphatic carbocycles. The van der Waals surface area contributed by atoms with Crippen LogP contribution in [0.2, 0.25) is 0 Å². The molecular formula is C16H12FN5O4S. The highest BCUT2D eigenvalue weighted by atomic mass is 32.2. The summed E-state index contributed by atoms with van der Waals surface area (Å²) in [5, 5.41) is 14.2. The van der Waals surface area contributed by atoms with E-state index in [1.54, 1.807) is 29.2 Å². The number of anilines is 1. The summed E-state index contributed by atoms with van der Waals surface area (Å²) >= 11 is 0. The Morgan fingerprint density at radius 3 is 2.70 bits per heavy atom. The Labute approximate surface area is 152 Å². The number of carbonyl (C=O) groups is 1. The quantitative estimate of drug-likeness (QED) is 0.689. The van der Waals surface area contributed by atoms with Crippen LogP contribution in [0.3, 0.4) is 0 Å². The van der Waals surface area contributed by atoms with Crippen LogP contribution in [-0.4, -0.2) is 40.7 Å². The molecule has 1 aliphatic rings. The summed E-state index contributed by atoms with van der Waals surface area (Å²) in [5.74, 6) is -2.40. The zero-order valence-corrected chi connectivity index (χ0v) is 14.4. The van der Waals surface area contributed by atoms with E-state index in [1.807, 2.05) is 0 Å². The van der Waals surface area contributed by atoms with Crippen LogP contribution in [0.15, 0.2) is 49.1 Å². The number of hydrogen-bond acceptors (Lipinski definition) is 6. The number of nitrogens with zero attached hydrogens (tertiary/aromatic N) is 4. The minimum absolute atomic E-state index is 0.0208. The largest absolute Gasteiger partial charge is 0.506 e. The number of hydrogen-bond donors (Lipinski definition) is 2. The average Bonchev–Trinajstić information content (AvgIpc) is 3.20. The van der Waals surface area contributed by atoms with Gasteiger partial charge in [0.2, 0.25) is 0 Å². The topological polar surface area (TPSA) is 117 Å². The van der Waals surface area contributed by atoms with Crippen LogP contribution in [0.25, 0.3) is 16.8 Å². The third-order valence-corrected chi connectivity index (χ3v) is 5.35. The first-order valence-corrected chi connectivity index (χ1v) is 9.11. The monoisotopic (exact) mass is 389 g/mol. The number of phenolic OH excluding ortho intramolecular Hbond substituents is 1. The van der Waals surface area contributed by atoms with E-state index in [0.29, 0.717) is 15.6 Å². The Morgan fingerprint density at radius 2 is 2.04 bits per heavy atom. The molecule has 0 unspecified atom stereocenters. The second-order valence-corrected chi connectivity index (χ2v) is 7.31. The van der Waals surface area contributed by atoms with Gasteiger partial charge in [0.1, 0.15) is 18.0 Å². The lowest BCUT2D eigenvalue weighted by Gasteiger charge is -2.18. The van der Waals surface area contributed by atoms with Crippen LogP contribution in [0, 0.1) is 5.82 Å². The standard InChI is InChI=1S/C16H12FN5O4S/c17-15-12(10-6-19-21(8-10)11-2-1-5-18-7-11)3-4-13(23)16(15)22-9-14(24)20-27(22,25)26/h1-8,23H,9H2,(H,20,24). The fraction of sp³-hybridized carbons (Fsp3) is 0.0625. The highest BCUT2D eigenvalue weighted by Crippen LogP contribution is 2.38. The van der Waals surface area contributed by atoms with Gasteiger partial charge in [-0.05, 0) is 24.3 Å². The van der Waals surface area contributed by atoms with Gasteiger partial charge < -0.3 is 5.11 Å². The SMILES string of the molecule is O=C1CN(c2c(O)ccc(-c3cnn(-c4cccnc4)c3)c2F)S(=O)(=O)N1. The summed E-state index contributed by atoms with van der Waals surface area (Å²) in [4.78, 5) is 15.4. The molecule has 4 rings (SSSR count). The van der Waals surface area contributed by atoms with Gasteiger partial charge in [0.25, 0.3) is 5.91 Å². The maximum Gasteiger partial charge on any atom is 0.326 e. The van der Waals surface area contributed by atoms with Crippen molar-refractivity contribution in [1.82, 2.24) is 19.5 Å². The number of rotatable bonds is 3. The molecule has 2 aromatic heterocycles.